The minimum atomic E-state index is -0.316. The van der Waals surface area contributed by atoms with Crippen molar-refractivity contribution in [3.05, 3.63) is 65.4 Å². The highest BCUT2D eigenvalue weighted by atomic mass is 16.3. The minimum absolute atomic E-state index is 0.109. The number of furan rings is 1. The number of aromatic nitrogens is 2. The lowest BCUT2D eigenvalue weighted by atomic mass is 10.2. The van der Waals surface area contributed by atoms with Gasteiger partial charge >= 0.3 is 0 Å². The summed E-state index contributed by atoms with van der Waals surface area (Å²) in [5, 5.41) is 2.80. The van der Waals surface area contributed by atoms with Gasteiger partial charge in [-0.15, -0.1) is 0 Å². The van der Waals surface area contributed by atoms with E-state index in [0.717, 1.165) is 18.8 Å². The molecule has 1 aromatic carbocycles. The molecule has 1 N–H and O–H groups in total. The first kappa shape index (κ1) is 18.4. The predicted molar refractivity (Wildman–Crippen MR) is 105 cm³/mol. The highest BCUT2D eigenvalue weighted by Crippen LogP contribution is 2.18. The molecule has 0 aliphatic heterocycles. The number of carbonyl (C=O) groups excluding carboxylic acids is 1. The van der Waals surface area contributed by atoms with Gasteiger partial charge in [0.15, 0.2) is 5.76 Å². The van der Waals surface area contributed by atoms with E-state index in [1.165, 1.54) is 23.2 Å². The van der Waals surface area contributed by atoms with E-state index in [-0.39, 0.29) is 18.0 Å². The van der Waals surface area contributed by atoms with E-state index in [0.29, 0.717) is 17.1 Å². The zero-order valence-electron chi connectivity index (χ0n) is 15.4. The van der Waals surface area contributed by atoms with Crippen LogP contribution in [-0.4, -0.2) is 28.5 Å². The molecule has 1 amide bonds. The third kappa shape index (κ3) is 4.44. The molecule has 0 aliphatic rings. The first-order valence-electron chi connectivity index (χ1n) is 8.86. The number of rotatable bonds is 7. The molecule has 0 fully saturated rings. The summed E-state index contributed by atoms with van der Waals surface area (Å²) in [4.78, 5) is 30.9. The second-order valence-corrected chi connectivity index (χ2v) is 5.98. The van der Waals surface area contributed by atoms with Crippen LogP contribution in [0.3, 0.4) is 0 Å². The second kappa shape index (κ2) is 8.35. The Kier molecular flexibility index (Phi) is 5.71. The third-order valence-electron chi connectivity index (χ3n) is 4.25. The third-order valence-corrected chi connectivity index (χ3v) is 4.25. The van der Waals surface area contributed by atoms with Crippen LogP contribution in [0.15, 0.2) is 64.3 Å². The van der Waals surface area contributed by atoms with Crippen molar-refractivity contribution in [1.29, 1.82) is 0 Å². The van der Waals surface area contributed by atoms with Gasteiger partial charge in [0, 0.05) is 30.5 Å². The zero-order chi connectivity index (χ0) is 19.2. The maximum absolute atomic E-state index is 12.3. The normalized spacial score (nSPS) is 10.6. The number of amides is 1. The molecule has 3 rings (SSSR count). The van der Waals surface area contributed by atoms with Crippen LogP contribution in [0.2, 0.25) is 0 Å². The molecule has 0 saturated carbocycles. The summed E-state index contributed by atoms with van der Waals surface area (Å²) < 4.78 is 6.48. The number of nitrogens with zero attached hydrogens (tertiary/aromatic N) is 3. The molecule has 0 saturated heterocycles. The van der Waals surface area contributed by atoms with Crippen LogP contribution < -0.4 is 15.8 Å². The molecule has 7 nitrogen and oxygen atoms in total. The van der Waals surface area contributed by atoms with Gasteiger partial charge < -0.3 is 14.6 Å². The first-order chi connectivity index (χ1) is 13.1. The number of hydrogen-bond donors (Lipinski definition) is 1. The standard InChI is InChI=1S/C20H22N4O3/c1-3-23(4-2)16-9-7-15(8-10-16)22-19(25)13-24-14-21-17(12-20(24)26)18-6-5-11-27-18/h5-12,14H,3-4,13H2,1-2H3,(H,22,25). The fraction of sp³-hybridized carbons (Fsp3) is 0.250. The summed E-state index contributed by atoms with van der Waals surface area (Å²) in [6, 6.07) is 12.4. The van der Waals surface area contributed by atoms with E-state index in [2.05, 4.69) is 29.0 Å². The van der Waals surface area contributed by atoms with Crippen LogP contribution >= 0.6 is 0 Å². The van der Waals surface area contributed by atoms with Crippen molar-refractivity contribution < 1.29 is 9.21 Å². The summed E-state index contributed by atoms with van der Waals surface area (Å²) in [5.41, 5.74) is 1.91. The molecule has 0 spiro atoms. The molecule has 140 valence electrons. The minimum Gasteiger partial charge on any atom is -0.463 e. The molecule has 0 unspecified atom stereocenters. The SMILES string of the molecule is CCN(CC)c1ccc(NC(=O)Cn2cnc(-c3ccco3)cc2=O)cc1. The monoisotopic (exact) mass is 366 g/mol. The van der Waals surface area contributed by atoms with E-state index in [9.17, 15) is 9.59 Å². The predicted octanol–water partition coefficient (Wildman–Crippen LogP) is 2.99. The summed E-state index contributed by atoms with van der Waals surface area (Å²) in [7, 11) is 0. The van der Waals surface area contributed by atoms with Crippen molar-refractivity contribution in [2.24, 2.45) is 0 Å². The Morgan fingerprint density at radius 3 is 2.52 bits per heavy atom. The molecule has 2 heterocycles. The first-order valence-corrected chi connectivity index (χ1v) is 8.86. The Hall–Kier alpha value is -3.35. The average molecular weight is 366 g/mol. The van der Waals surface area contributed by atoms with Gasteiger partial charge in [-0.05, 0) is 50.2 Å². The largest absolute Gasteiger partial charge is 0.463 e. The van der Waals surface area contributed by atoms with Crippen LogP contribution in [0.25, 0.3) is 11.5 Å². The quantitative estimate of drug-likeness (QED) is 0.695. The summed E-state index contributed by atoms with van der Waals surface area (Å²) in [6.07, 6.45) is 2.87. The topological polar surface area (TPSA) is 80.4 Å². The van der Waals surface area contributed by atoms with Gasteiger partial charge in [-0.1, -0.05) is 0 Å². The van der Waals surface area contributed by atoms with Crippen molar-refractivity contribution in [3.8, 4) is 11.5 Å². The molecule has 27 heavy (non-hydrogen) atoms. The fourth-order valence-electron chi connectivity index (χ4n) is 2.80. The lowest BCUT2D eigenvalue weighted by molar-refractivity contribution is -0.116. The molecule has 3 aromatic rings. The van der Waals surface area contributed by atoms with Crippen LogP contribution in [0.1, 0.15) is 13.8 Å². The van der Waals surface area contributed by atoms with E-state index in [1.807, 2.05) is 24.3 Å². The van der Waals surface area contributed by atoms with E-state index in [1.54, 1.807) is 12.1 Å². The Morgan fingerprint density at radius 1 is 1.19 bits per heavy atom. The maximum atomic E-state index is 12.3. The van der Waals surface area contributed by atoms with Crippen molar-refractivity contribution in [2.75, 3.05) is 23.3 Å². The molecule has 0 atom stereocenters. The zero-order valence-corrected chi connectivity index (χ0v) is 15.4. The number of nitrogens with one attached hydrogen (secondary N) is 1. The fourth-order valence-corrected chi connectivity index (χ4v) is 2.80. The Morgan fingerprint density at radius 2 is 1.93 bits per heavy atom. The van der Waals surface area contributed by atoms with Gasteiger partial charge in [-0.2, -0.15) is 0 Å². The smallest absolute Gasteiger partial charge is 0.254 e. The van der Waals surface area contributed by atoms with Crippen LogP contribution in [-0.2, 0) is 11.3 Å². The molecule has 2 aromatic heterocycles. The molecule has 7 heteroatoms. The molecular formula is C20H22N4O3. The van der Waals surface area contributed by atoms with Crippen molar-refractivity contribution in [2.45, 2.75) is 20.4 Å². The highest BCUT2D eigenvalue weighted by molar-refractivity contribution is 5.90. The van der Waals surface area contributed by atoms with Gasteiger partial charge in [0.25, 0.3) is 5.56 Å². The Balaban J connectivity index is 1.65. The summed E-state index contributed by atoms with van der Waals surface area (Å²) in [5.74, 6) is 0.220. The summed E-state index contributed by atoms with van der Waals surface area (Å²) >= 11 is 0. The van der Waals surface area contributed by atoms with Gasteiger partial charge in [0.1, 0.15) is 12.2 Å². The maximum Gasteiger partial charge on any atom is 0.254 e. The van der Waals surface area contributed by atoms with Gasteiger partial charge in [0.2, 0.25) is 5.91 Å². The Labute approximate surface area is 157 Å². The van der Waals surface area contributed by atoms with Crippen molar-refractivity contribution in [3.63, 3.8) is 0 Å². The number of benzene rings is 1. The lowest BCUT2D eigenvalue weighted by Gasteiger charge is -2.21. The van der Waals surface area contributed by atoms with E-state index < -0.39 is 0 Å². The number of anilines is 2. The van der Waals surface area contributed by atoms with Crippen LogP contribution in [0.4, 0.5) is 11.4 Å². The van der Waals surface area contributed by atoms with E-state index in [4.69, 9.17) is 4.42 Å². The molecule has 0 radical (unpaired) electrons. The highest BCUT2D eigenvalue weighted by Gasteiger charge is 2.09. The van der Waals surface area contributed by atoms with Gasteiger partial charge in [-0.25, -0.2) is 4.98 Å². The number of carbonyl (C=O) groups is 1. The summed E-state index contributed by atoms with van der Waals surface area (Å²) in [6.45, 7) is 5.94. The number of hydrogen-bond acceptors (Lipinski definition) is 5. The molecule has 0 aliphatic carbocycles. The molecular weight excluding hydrogens is 344 g/mol. The van der Waals surface area contributed by atoms with Gasteiger partial charge in [0.05, 0.1) is 12.6 Å². The van der Waals surface area contributed by atoms with Crippen LogP contribution in [0.5, 0.6) is 0 Å². The van der Waals surface area contributed by atoms with Crippen molar-refractivity contribution in [1.82, 2.24) is 9.55 Å². The second-order valence-electron chi connectivity index (χ2n) is 5.98. The van der Waals surface area contributed by atoms with Crippen LogP contribution in [0, 0.1) is 0 Å². The Bertz CT molecular complexity index is 942. The average Bonchev–Trinajstić information content (AvgIpc) is 3.20. The lowest BCUT2D eigenvalue weighted by Crippen LogP contribution is -2.27. The van der Waals surface area contributed by atoms with E-state index >= 15 is 0 Å². The van der Waals surface area contributed by atoms with Crippen molar-refractivity contribution >= 4 is 17.3 Å². The molecule has 0 bridgehead atoms. The van der Waals surface area contributed by atoms with Gasteiger partial charge in [-0.3, -0.25) is 14.2 Å².